The number of carbonyl (C=O) groups excluding carboxylic acids is 1. The second-order valence-electron chi connectivity index (χ2n) is 8.80. The van der Waals surface area contributed by atoms with Crippen molar-refractivity contribution in [3.05, 3.63) is 138 Å². The third kappa shape index (κ3) is 7.22. The Labute approximate surface area is 254 Å². The Bertz CT molecular complexity index is 1550. The summed E-state index contributed by atoms with van der Waals surface area (Å²) >= 11 is 14.7. The number of hydrogen-bond acceptors (Lipinski definition) is 4. The van der Waals surface area contributed by atoms with Gasteiger partial charge >= 0.3 is 0 Å². The highest BCUT2D eigenvalue weighted by Gasteiger charge is 2.33. The molecular formula is C31H23Br2ClN2O2S. The fourth-order valence-corrected chi connectivity index (χ4v) is 6.59. The van der Waals surface area contributed by atoms with Crippen molar-refractivity contribution in [2.75, 3.05) is 0 Å². The first kappa shape index (κ1) is 27.7. The molecule has 1 heterocycles. The van der Waals surface area contributed by atoms with Crippen LogP contribution in [0, 0.1) is 0 Å². The fourth-order valence-electron chi connectivity index (χ4n) is 4.04. The zero-order valence-corrected chi connectivity index (χ0v) is 25.4. The molecule has 0 bridgehead atoms. The second kappa shape index (κ2) is 13.0. The smallest absolute Gasteiger partial charge is 0.267 e. The zero-order chi connectivity index (χ0) is 27.2. The minimum Gasteiger partial charge on any atom is -0.487 e. The average Bonchev–Trinajstić information content (AvgIpc) is 3.21. The molecule has 1 aliphatic rings. The number of benzene rings is 4. The molecular weight excluding hydrogens is 660 g/mol. The van der Waals surface area contributed by atoms with Crippen LogP contribution in [0.15, 0.2) is 116 Å². The van der Waals surface area contributed by atoms with E-state index in [4.69, 9.17) is 21.3 Å². The van der Waals surface area contributed by atoms with Crippen molar-refractivity contribution >= 4 is 72.4 Å². The van der Waals surface area contributed by atoms with Gasteiger partial charge in [-0.3, -0.25) is 14.7 Å². The summed E-state index contributed by atoms with van der Waals surface area (Å²) in [5.41, 5.74) is 3.85. The van der Waals surface area contributed by atoms with E-state index >= 15 is 0 Å². The largest absolute Gasteiger partial charge is 0.487 e. The van der Waals surface area contributed by atoms with Crippen LogP contribution in [-0.2, 0) is 24.5 Å². The molecule has 1 aliphatic heterocycles. The van der Waals surface area contributed by atoms with Gasteiger partial charge in [0.25, 0.3) is 5.91 Å². The molecule has 4 aromatic rings. The van der Waals surface area contributed by atoms with E-state index in [9.17, 15) is 4.79 Å². The highest BCUT2D eigenvalue weighted by Crippen LogP contribution is 2.39. The number of hydrogen-bond donors (Lipinski definition) is 0. The third-order valence-electron chi connectivity index (χ3n) is 5.91. The van der Waals surface area contributed by atoms with E-state index in [-0.39, 0.29) is 5.91 Å². The second-order valence-corrected chi connectivity index (χ2v) is 12.0. The lowest BCUT2D eigenvalue weighted by molar-refractivity contribution is -0.122. The molecule has 5 rings (SSSR count). The predicted molar refractivity (Wildman–Crippen MR) is 168 cm³/mol. The maximum absolute atomic E-state index is 13.7. The van der Waals surface area contributed by atoms with E-state index in [1.54, 1.807) is 4.90 Å². The van der Waals surface area contributed by atoms with Crippen molar-refractivity contribution in [2.24, 2.45) is 4.99 Å². The van der Waals surface area contributed by atoms with Crippen LogP contribution in [0.2, 0.25) is 5.02 Å². The maximum Gasteiger partial charge on any atom is 0.267 e. The van der Waals surface area contributed by atoms with Crippen LogP contribution in [0.1, 0.15) is 22.3 Å². The van der Waals surface area contributed by atoms with Crippen LogP contribution in [0.5, 0.6) is 5.75 Å². The van der Waals surface area contributed by atoms with Gasteiger partial charge in [0.2, 0.25) is 0 Å². The van der Waals surface area contributed by atoms with Gasteiger partial charge in [-0.25, -0.2) is 0 Å². The molecule has 0 aliphatic carbocycles. The molecule has 0 spiro atoms. The standard InChI is InChI=1S/C31H23Br2ClN2O2S/c32-25-15-24(29(27(33)17-25)38-20-23-12-7-13-26(34)14-23)16-28-30(37)36(19-22-10-5-2-6-11-22)31(39-28)35-18-21-8-3-1-4-9-21/h1-17H,18-20H2/b28-16+,35-31?. The van der Waals surface area contributed by atoms with Crippen LogP contribution in [0.25, 0.3) is 6.08 Å². The van der Waals surface area contributed by atoms with Crippen molar-refractivity contribution in [1.29, 1.82) is 0 Å². The number of halogens is 3. The Balaban J connectivity index is 1.46. The molecule has 0 aromatic heterocycles. The number of rotatable bonds is 8. The lowest BCUT2D eigenvalue weighted by Crippen LogP contribution is -2.28. The first-order valence-corrected chi connectivity index (χ1v) is 14.9. The molecule has 39 heavy (non-hydrogen) atoms. The van der Waals surface area contributed by atoms with E-state index in [0.29, 0.717) is 40.5 Å². The summed E-state index contributed by atoms with van der Waals surface area (Å²) in [5, 5.41) is 1.33. The van der Waals surface area contributed by atoms with Gasteiger partial charge < -0.3 is 4.74 Å². The highest BCUT2D eigenvalue weighted by molar-refractivity contribution is 9.11. The van der Waals surface area contributed by atoms with E-state index in [2.05, 4.69) is 31.9 Å². The fraction of sp³-hybridized carbons (Fsp3) is 0.0968. The van der Waals surface area contributed by atoms with Gasteiger partial charge in [0, 0.05) is 15.1 Å². The molecule has 1 fully saturated rings. The first-order valence-electron chi connectivity index (χ1n) is 12.2. The SMILES string of the molecule is O=C1/C(=C\c2cc(Br)cc(Br)c2OCc2cccc(Cl)c2)SC(=NCc2ccccc2)N1Cc1ccccc1. The van der Waals surface area contributed by atoms with Crippen molar-refractivity contribution in [3.63, 3.8) is 0 Å². The summed E-state index contributed by atoms with van der Waals surface area (Å²) in [5.74, 6) is 0.552. The molecule has 0 atom stereocenters. The Hall–Kier alpha value is -2.84. The molecule has 1 amide bonds. The zero-order valence-electron chi connectivity index (χ0n) is 20.7. The Kier molecular flexibility index (Phi) is 9.24. The number of ether oxygens (including phenoxy) is 1. The van der Waals surface area contributed by atoms with Crippen molar-refractivity contribution in [2.45, 2.75) is 19.7 Å². The quantitative estimate of drug-likeness (QED) is 0.174. The molecule has 0 unspecified atom stereocenters. The molecule has 196 valence electrons. The summed E-state index contributed by atoms with van der Waals surface area (Å²) in [6.07, 6.45) is 1.87. The van der Waals surface area contributed by atoms with Gasteiger partial charge in [0.1, 0.15) is 12.4 Å². The Morgan fingerprint density at radius 1 is 0.872 bits per heavy atom. The number of aliphatic imine (C=N–C) groups is 1. The van der Waals surface area contributed by atoms with Gasteiger partial charge in [-0.15, -0.1) is 0 Å². The average molecular weight is 683 g/mol. The van der Waals surface area contributed by atoms with Gasteiger partial charge in [0.15, 0.2) is 5.17 Å². The normalized spacial score (nSPS) is 15.4. The molecule has 0 radical (unpaired) electrons. The van der Waals surface area contributed by atoms with E-state index in [1.807, 2.05) is 103 Å². The summed E-state index contributed by atoms with van der Waals surface area (Å²) in [7, 11) is 0. The minimum atomic E-state index is -0.0902. The van der Waals surface area contributed by atoms with Crippen LogP contribution in [0.4, 0.5) is 0 Å². The summed E-state index contributed by atoms with van der Waals surface area (Å²) in [6.45, 7) is 1.27. The monoisotopic (exact) mass is 680 g/mol. The lowest BCUT2D eigenvalue weighted by Gasteiger charge is -2.16. The minimum absolute atomic E-state index is 0.0902. The van der Waals surface area contributed by atoms with Crippen molar-refractivity contribution in [3.8, 4) is 5.75 Å². The predicted octanol–water partition coefficient (Wildman–Crippen LogP) is 9.12. The molecule has 8 heteroatoms. The summed E-state index contributed by atoms with van der Waals surface area (Å²) in [6, 6.07) is 31.4. The van der Waals surface area contributed by atoms with Crippen molar-refractivity contribution < 1.29 is 9.53 Å². The first-order chi connectivity index (χ1) is 19.0. The van der Waals surface area contributed by atoms with Gasteiger partial charge in [0.05, 0.1) is 22.5 Å². The Morgan fingerprint density at radius 2 is 1.56 bits per heavy atom. The van der Waals surface area contributed by atoms with Crippen LogP contribution < -0.4 is 4.74 Å². The van der Waals surface area contributed by atoms with Gasteiger partial charge in [-0.1, -0.05) is 100 Å². The molecule has 0 N–H and O–H groups in total. The van der Waals surface area contributed by atoms with Crippen LogP contribution in [-0.4, -0.2) is 16.0 Å². The molecule has 4 nitrogen and oxygen atoms in total. The number of amides is 1. The number of carbonyl (C=O) groups is 1. The summed E-state index contributed by atoms with van der Waals surface area (Å²) < 4.78 is 7.87. The number of amidine groups is 1. The molecule has 0 saturated carbocycles. The van der Waals surface area contributed by atoms with E-state index < -0.39 is 0 Å². The van der Waals surface area contributed by atoms with Gasteiger partial charge in [-0.05, 0) is 74.7 Å². The lowest BCUT2D eigenvalue weighted by atomic mass is 10.1. The van der Waals surface area contributed by atoms with Gasteiger partial charge in [-0.2, -0.15) is 0 Å². The maximum atomic E-state index is 13.7. The number of thioether (sulfide) groups is 1. The topological polar surface area (TPSA) is 41.9 Å². The van der Waals surface area contributed by atoms with Crippen LogP contribution in [0.3, 0.4) is 0 Å². The molecule has 1 saturated heterocycles. The van der Waals surface area contributed by atoms with Crippen molar-refractivity contribution in [1.82, 2.24) is 4.90 Å². The number of nitrogens with zero attached hydrogens (tertiary/aromatic N) is 2. The highest BCUT2D eigenvalue weighted by atomic mass is 79.9. The third-order valence-corrected chi connectivity index (χ3v) is 8.23. The Morgan fingerprint density at radius 3 is 2.28 bits per heavy atom. The summed E-state index contributed by atoms with van der Waals surface area (Å²) in [4.78, 5) is 20.9. The molecule has 4 aromatic carbocycles. The van der Waals surface area contributed by atoms with E-state index in [0.717, 1.165) is 31.2 Å². The van der Waals surface area contributed by atoms with E-state index in [1.165, 1.54) is 11.8 Å². The van der Waals surface area contributed by atoms with Crippen LogP contribution >= 0.6 is 55.2 Å².